The predicted molar refractivity (Wildman–Crippen MR) is 143 cm³/mol. The van der Waals surface area contributed by atoms with E-state index in [1.165, 1.54) is 11.8 Å². The van der Waals surface area contributed by atoms with Crippen LogP contribution >= 0.6 is 11.8 Å². The topological polar surface area (TPSA) is 93.9 Å². The van der Waals surface area contributed by atoms with Crippen LogP contribution in [0.4, 0.5) is 5.69 Å². The number of nitrogens with one attached hydrogen (secondary N) is 1. The molecule has 36 heavy (non-hydrogen) atoms. The minimum atomic E-state index is -3.64. The third-order valence-electron chi connectivity index (χ3n) is 5.91. The van der Waals surface area contributed by atoms with Gasteiger partial charge < -0.3 is 5.32 Å². The maximum atomic E-state index is 13.2. The Hall–Kier alpha value is -3.43. The van der Waals surface area contributed by atoms with E-state index in [1.807, 2.05) is 69.3 Å². The molecule has 1 heterocycles. The molecule has 186 valence electrons. The number of nitrogens with zero attached hydrogens (tertiary/aromatic N) is 3. The van der Waals surface area contributed by atoms with Crippen molar-refractivity contribution < 1.29 is 13.2 Å². The lowest BCUT2D eigenvalue weighted by Gasteiger charge is -2.17. The minimum Gasteiger partial charge on any atom is -0.325 e. The van der Waals surface area contributed by atoms with Gasteiger partial charge in [-0.1, -0.05) is 67.2 Å². The highest BCUT2D eigenvalue weighted by molar-refractivity contribution is 8.00. The van der Waals surface area contributed by atoms with Crippen molar-refractivity contribution in [1.82, 2.24) is 14.8 Å². The number of sulfone groups is 1. The zero-order valence-electron chi connectivity index (χ0n) is 20.4. The zero-order valence-corrected chi connectivity index (χ0v) is 22.0. The normalized spacial score (nSPS) is 12.3. The van der Waals surface area contributed by atoms with Gasteiger partial charge in [0.1, 0.15) is 5.75 Å². The van der Waals surface area contributed by atoms with Gasteiger partial charge >= 0.3 is 0 Å². The summed E-state index contributed by atoms with van der Waals surface area (Å²) in [4.78, 5) is 13.4. The SMILES string of the molecule is CCC(Sc1nnc(CS(=O)(=O)c2ccccc2)n1-c1ccccc1)C(=O)Nc1cccc(C)c1C. The molecule has 1 unspecified atom stereocenters. The Morgan fingerprint density at radius 2 is 1.61 bits per heavy atom. The van der Waals surface area contributed by atoms with Crippen molar-refractivity contribution in [2.45, 2.75) is 48.2 Å². The first-order chi connectivity index (χ1) is 17.3. The maximum absolute atomic E-state index is 13.2. The van der Waals surface area contributed by atoms with Crippen molar-refractivity contribution in [3.8, 4) is 5.69 Å². The van der Waals surface area contributed by atoms with E-state index in [0.717, 1.165) is 22.5 Å². The summed E-state index contributed by atoms with van der Waals surface area (Å²) in [5.41, 5.74) is 3.62. The highest BCUT2D eigenvalue weighted by atomic mass is 32.2. The molecule has 0 radical (unpaired) electrons. The number of anilines is 1. The summed E-state index contributed by atoms with van der Waals surface area (Å²) in [6, 6.07) is 23.4. The highest BCUT2D eigenvalue weighted by Crippen LogP contribution is 2.30. The number of carbonyl (C=O) groups is 1. The van der Waals surface area contributed by atoms with Crippen molar-refractivity contribution in [2.24, 2.45) is 0 Å². The van der Waals surface area contributed by atoms with E-state index in [0.29, 0.717) is 11.6 Å². The molecule has 4 rings (SSSR count). The quantitative estimate of drug-likeness (QED) is 0.298. The second kappa shape index (κ2) is 11.1. The molecule has 0 bridgehead atoms. The number of thioether (sulfide) groups is 1. The highest BCUT2D eigenvalue weighted by Gasteiger charge is 2.26. The monoisotopic (exact) mass is 520 g/mol. The van der Waals surface area contributed by atoms with E-state index in [9.17, 15) is 13.2 Å². The molecule has 3 aromatic carbocycles. The van der Waals surface area contributed by atoms with Crippen LogP contribution in [0.25, 0.3) is 5.69 Å². The van der Waals surface area contributed by atoms with Crippen molar-refractivity contribution in [2.75, 3.05) is 5.32 Å². The van der Waals surface area contributed by atoms with Crippen LogP contribution in [0, 0.1) is 13.8 Å². The summed E-state index contributed by atoms with van der Waals surface area (Å²) >= 11 is 1.27. The number of para-hydroxylation sites is 1. The summed E-state index contributed by atoms with van der Waals surface area (Å²) < 4.78 is 27.9. The fourth-order valence-electron chi connectivity index (χ4n) is 3.74. The van der Waals surface area contributed by atoms with Gasteiger partial charge in [0, 0.05) is 11.4 Å². The smallest absolute Gasteiger partial charge is 0.237 e. The number of benzene rings is 3. The van der Waals surface area contributed by atoms with E-state index in [2.05, 4.69) is 15.5 Å². The van der Waals surface area contributed by atoms with Gasteiger partial charge in [-0.15, -0.1) is 10.2 Å². The van der Waals surface area contributed by atoms with Crippen LogP contribution in [-0.4, -0.2) is 34.3 Å². The standard InChI is InChI=1S/C27H28N4O3S2/c1-4-24(26(32)28-23-17-11-12-19(2)20(23)3)35-27-30-29-25(31(27)21-13-7-5-8-14-21)18-36(33,34)22-15-9-6-10-16-22/h5-17,24H,4,18H2,1-3H3,(H,28,32). The fourth-order valence-corrected chi connectivity index (χ4v) is 5.99. The fraction of sp³-hybridized carbons (Fsp3) is 0.222. The van der Waals surface area contributed by atoms with Gasteiger partial charge in [-0.2, -0.15) is 0 Å². The molecule has 1 N–H and O–H groups in total. The average Bonchev–Trinajstić information content (AvgIpc) is 3.27. The molecule has 0 saturated heterocycles. The Labute approximate surface area is 215 Å². The number of carbonyl (C=O) groups excluding carboxylic acids is 1. The third kappa shape index (κ3) is 5.68. The Balaban J connectivity index is 1.65. The van der Waals surface area contributed by atoms with Crippen LogP contribution in [0.3, 0.4) is 0 Å². The Kier molecular flexibility index (Phi) is 7.91. The lowest BCUT2D eigenvalue weighted by molar-refractivity contribution is -0.115. The van der Waals surface area contributed by atoms with Gasteiger partial charge in [0.2, 0.25) is 5.91 Å². The minimum absolute atomic E-state index is 0.141. The Bertz CT molecular complexity index is 1450. The molecular formula is C27H28N4O3S2. The van der Waals surface area contributed by atoms with E-state index >= 15 is 0 Å². The zero-order chi connectivity index (χ0) is 25.7. The summed E-state index contributed by atoms with van der Waals surface area (Å²) in [5.74, 6) is -0.167. The average molecular weight is 521 g/mol. The molecule has 0 aliphatic rings. The number of hydrogen-bond acceptors (Lipinski definition) is 6. The molecule has 0 aliphatic heterocycles. The van der Waals surface area contributed by atoms with Crippen LogP contribution in [0.15, 0.2) is 88.9 Å². The summed E-state index contributed by atoms with van der Waals surface area (Å²) in [7, 11) is -3.64. The second-order valence-electron chi connectivity index (χ2n) is 8.39. The molecule has 0 aliphatic carbocycles. The molecule has 1 atom stereocenters. The first-order valence-electron chi connectivity index (χ1n) is 11.6. The maximum Gasteiger partial charge on any atom is 0.237 e. The summed E-state index contributed by atoms with van der Waals surface area (Å²) in [5, 5.41) is 11.6. The summed E-state index contributed by atoms with van der Waals surface area (Å²) in [6.07, 6.45) is 0.556. The second-order valence-corrected chi connectivity index (χ2v) is 11.6. The predicted octanol–water partition coefficient (Wildman–Crippen LogP) is 5.37. The van der Waals surface area contributed by atoms with Crippen LogP contribution in [0.5, 0.6) is 0 Å². The van der Waals surface area contributed by atoms with Gasteiger partial charge in [-0.3, -0.25) is 9.36 Å². The van der Waals surface area contributed by atoms with Crippen molar-refractivity contribution in [1.29, 1.82) is 0 Å². The number of aromatic nitrogens is 3. The van der Waals surface area contributed by atoms with E-state index in [1.54, 1.807) is 34.9 Å². The number of aryl methyl sites for hydroxylation is 1. The van der Waals surface area contributed by atoms with Crippen LogP contribution < -0.4 is 5.32 Å². The Morgan fingerprint density at radius 3 is 2.28 bits per heavy atom. The molecule has 7 nitrogen and oxygen atoms in total. The van der Waals surface area contributed by atoms with Crippen molar-refractivity contribution in [3.63, 3.8) is 0 Å². The number of rotatable bonds is 9. The molecule has 0 fully saturated rings. The van der Waals surface area contributed by atoms with Crippen molar-refractivity contribution >= 4 is 33.2 Å². The molecule has 0 saturated carbocycles. The summed E-state index contributed by atoms with van der Waals surface area (Å²) in [6.45, 7) is 5.92. The molecule has 1 aromatic heterocycles. The molecule has 4 aromatic rings. The number of amides is 1. The molecular weight excluding hydrogens is 492 g/mol. The molecule has 0 spiro atoms. The van der Waals surface area contributed by atoms with Crippen molar-refractivity contribution in [3.05, 3.63) is 95.8 Å². The van der Waals surface area contributed by atoms with Gasteiger partial charge in [0.15, 0.2) is 20.8 Å². The number of hydrogen-bond donors (Lipinski definition) is 1. The lowest BCUT2D eigenvalue weighted by atomic mass is 10.1. The van der Waals surface area contributed by atoms with Crippen LogP contribution in [0.1, 0.15) is 30.3 Å². The van der Waals surface area contributed by atoms with Gasteiger partial charge in [0.05, 0.1) is 10.1 Å². The third-order valence-corrected chi connectivity index (χ3v) is 8.85. The largest absolute Gasteiger partial charge is 0.325 e. The van der Waals surface area contributed by atoms with E-state index in [-0.39, 0.29) is 22.4 Å². The van der Waals surface area contributed by atoms with Crippen LogP contribution in [-0.2, 0) is 20.4 Å². The van der Waals surface area contributed by atoms with Gasteiger partial charge in [0.25, 0.3) is 0 Å². The van der Waals surface area contributed by atoms with Crippen LogP contribution in [0.2, 0.25) is 0 Å². The van der Waals surface area contributed by atoms with E-state index in [4.69, 9.17) is 0 Å². The molecule has 1 amide bonds. The van der Waals surface area contributed by atoms with Gasteiger partial charge in [-0.25, -0.2) is 8.42 Å². The lowest BCUT2D eigenvalue weighted by Crippen LogP contribution is -2.25. The molecule has 9 heteroatoms. The first-order valence-corrected chi connectivity index (χ1v) is 14.1. The van der Waals surface area contributed by atoms with E-state index < -0.39 is 15.1 Å². The van der Waals surface area contributed by atoms with Gasteiger partial charge in [-0.05, 0) is 61.7 Å². The first kappa shape index (κ1) is 25.7. The Morgan fingerprint density at radius 1 is 0.944 bits per heavy atom.